The van der Waals surface area contributed by atoms with E-state index >= 15 is 0 Å². The van der Waals surface area contributed by atoms with Gasteiger partial charge in [-0.05, 0) is 25.7 Å². The standard InChI is InChI=1S/C14H23N3O4/c1-2-3-6-15-14(21)16-12(18)8-17-9-4-5-11(17)10(7-9)13(19)20/h9-11H,2-8H2,1H3,(H,19,20)(H2,15,16,18,21). The molecule has 7 nitrogen and oxygen atoms in total. The number of amides is 3. The second-order valence-corrected chi connectivity index (χ2v) is 5.81. The van der Waals surface area contributed by atoms with Crippen molar-refractivity contribution in [3.8, 4) is 0 Å². The highest BCUT2D eigenvalue weighted by Gasteiger charge is 2.49. The normalized spacial score (nSPS) is 27.6. The number of hydrogen-bond acceptors (Lipinski definition) is 4. The number of nitrogens with zero attached hydrogens (tertiary/aromatic N) is 1. The minimum absolute atomic E-state index is 0.0681. The molecule has 3 N–H and O–H groups in total. The van der Waals surface area contributed by atoms with Crippen LogP contribution in [0.2, 0.25) is 0 Å². The number of rotatable bonds is 6. The number of carboxylic acid groups (broad SMARTS) is 1. The van der Waals surface area contributed by atoms with Crippen molar-refractivity contribution < 1.29 is 19.5 Å². The van der Waals surface area contributed by atoms with Crippen LogP contribution in [-0.2, 0) is 9.59 Å². The number of unbranched alkanes of at least 4 members (excludes halogenated alkanes) is 1. The van der Waals surface area contributed by atoms with E-state index in [1.165, 1.54) is 0 Å². The number of aliphatic carboxylic acids is 1. The van der Waals surface area contributed by atoms with E-state index in [2.05, 4.69) is 10.6 Å². The maximum Gasteiger partial charge on any atom is 0.321 e. The monoisotopic (exact) mass is 297 g/mol. The maximum absolute atomic E-state index is 11.9. The average Bonchev–Trinajstić information content (AvgIpc) is 2.96. The highest BCUT2D eigenvalue weighted by Crippen LogP contribution is 2.41. The SMILES string of the molecule is CCCCNC(=O)NC(=O)CN1C2CCC1C(C(=O)O)C2. The molecule has 2 aliphatic rings. The molecule has 0 aromatic heterocycles. The highest BCUT2D eigenvalue weighted by atomic mass is 16.4. The Morgan fingerprint density at radius 1 is 1.29 bits per heavy atom. The third-order valence-corrected chi connectivity index (χ3v) is 4.39. The Hall–Kier alpha value is -1.63. The third kappa shape index (κ3) is 3.72. The molecule has 0 aliphatic carbocycles. The molecule has 2 fully saturated rings. The van der Waals surface area contributed by atoms with E-state index in [4.69, 9.17) is 5.11 Å². The van der Waals surface area contributed by atoms with Crippen molar-refractivity contribution in [1.29, 1.82) is 0 Å². The summed E-state index contributed by atoms with van der Waals surface area (Å²) in [5.74, 6) is -1.54. The summed E-state index contributed by atoms with van der Waals surface area (Å²) >= 11 is 0. The van der Waals surface area contributed by atoms with E-state index in [1.807, 2.05) is 11.8 Å². The summed E-state index contributed by atoms with van der Waals surface area (Å²) < 4.78 is 0. The first kappa shape index (κ1) is 15.8. The summed E-state index contributed by atoms with van der Waals surface area (Å²) in [5.41, 5.74) is 0. The van der Waals surface area contributed by atoms with E-state index < -0.39 is 12.0 Å². The van der Waals surface area contributed by atoms with Crippen molar-refractivity contribution in [2.45, 2.75) is 51.1 Å². The van der Waals surface area contributed by atoms with Gasteiger partial charge in [-0.25, -0.2) is 4.79 Å². The molecule has 2 saturated heterocycles. The van der Waals surface area contributed by atoms with Gasteiger partial charge in [0.1, 0.15) is 0 Å². The number of urea groups is 1. The molecule has 3 unspecified atom stereocenters. The van der Waals surface area contributed by atoms with E-state index in [0.29, 0.717) is 13.0 Å². The lowest BCUT2D eigenvalue weighted by Gasteiger charge is -2.21. The Kier molecular flexibility index (Phi) is 5.17. The molecule has 0 aromatic rings. The van der Waals surface area contributed by atoms with Crippen molar-refractivity contribution in [3.63, 3.8) is 0 Å². The molecule has 118 valence electrons. The van der Waals surface area contributed by atoms with Crippen molar-refractivity contribution in [2.75, 3.05) is 13.1 Å². The number of carbonyl (C=O) groups is 3. The van der Waals surface area contributed by atoms with E-state index in [0.717, 1.165) is 25.7 Å². The van der Waals surface area contributed by atoms with Gasteiger partial charge in [-0.2, -0.15) is 0 Å². The van der Waals surface area contributed by atoms with E-state index in [1.54, 1.807) is 0 Å². The van der Waals surface area contributed by atoms with E-state index in [-0.39, 0.29) is 30.5 Å². The number of imide groups is 1. The summed E-state index contributed by atoms with van der Waals surface area (Å²) in [7, 11) is 0. The first-order chi connectivity index (χ1) is 10.0. The average molecular weight is 297 g/mol. The van der Waals surface area contributed by atoms with Crippen LogP contribution in [0.1, 0.15) is 39.0 Å². The van der Waals surface area contributed by atoms with Crippen molar-refractivity contribution >= 4 is 17.9 Å². The van der Waals surface area contributed by atoms with Crippen molar-refractivity contribution in [1.82, 2.24) is 15.5 Å². The fourth-order valence-corrected chi connectivity index (χ4v) is 3.37. The van der Waals surface area contributed by atoms with Gasteiger partial charge in [-0.1, -0.05) is 13.3 Å². The number of hydrogen-bond donors (Lipinski definition) is 3. The summed E-state index contributed by atoms with van der Waals surface area (Å²) in [4.78, 5) is 36.5. The van der Waals surface area contributed by atoms with Gasteiger partial charge in [0.2, 0.25) is 5.91 Å². The van der Waals surface area contributed by atoms with E-state index in [9.17, 15) is 14.4 Å². The Bertz CT molecular complexity index is 426. The van der Waals surface area contributed by atoms with Gasteiger partial charge in [-0.15, -0.1) is 0 Å². The van der Waals surface area contributed by atoms with Gasteiger partial charge >= 0.3 is 12.0 Å². The predicted molar refractivity (Wildman–Crippen MR) is 75.7 cm³/mol. The molecule has 0 radical (unpaired) electrons. The second kappa shape index (κ2) is 6.89. The summed E-state index contributed by atoms with van der Waals surface area (Å²) in [5, 5.41) is 14.1. The van der Waals surface area contributed by atoms with Gasteiger partial charge in [0, 0.05) is 18.6 Å². The van der Waals surface area contributed by atoms with Gasteiger partial charge in [-0.3, -0.25) is 19.8 Å². The molecular weight excluding hydrogens is 274 g/mol. The molecule has 2 bridgehead atoms. The zero-order chi connectivity index (χ0) is 15.4. The van der Waals surface area contributed by atoms with Crippen LogP contribution in [0.25, 0.3) is 0 Å². The van der Waals surface area contributed by atoms with Gasteiger partial charge in [0.25, 0.3) is 0 Å². The first-order valence-corrected chi connectivity index (χ1v) is 7.59. The minimum Gasteiger partial charge on any atom is -0.481 e. The second-order valence-electron chi connectivity index (χ2n) is 5.81. The van der Waals surface area contributed by atoms with Crippen LogP contribution in [0.15, 0.2) is 0 Å². The van der Waals surface area contributed by atoms with Crippen LogP contribution in [0.3, 0.4) is 0 Å². The lowest BCUT2D eigenvalue weighted by Crippen LogP contribution is -2.46. The predicted octanol–water partition coefficient (Wildman–Crippen LogP) is 0.550. The minimum atomic E-state index is -0.787. The van der Waals surface area contributed by atoms with Crippen LogP contribution in [-0.4, -0.2) is 53.1 Å². The molecule has 2 rings (SSSR count). The number of carboxylic acids is 1. The van der Waals surface area contributed by atoms with Crippen LogP contribution < -0.4 is 10.6 Å². The molecule has 2 aliphatic heterocycles. The molecule has 7 heteroatoms. The van der Waals surface area contributed by atoms with Crippen molar-refractivity contribution in [2.24, 2.45) is 5.92 Å². The van der Waals surface area contributed by atoms with Crippen LogP contribution in [0, 0.1) is 5.92 Å². The fraction of sp³-hybridized carbons (Fsp3) is 0.786. The Labute approximate surface area is 124 Å². The first-order valence-electron chi connectivity index (χ1n) is 7.59. The summed E-state index contributed by atoms with van der Waals surface area (Å²) in [6.45, 7) is 2.67. The Morgan fingerprint density at radius 2 is 2.05 bits per heavy atom. The molecule has 21 heavy (non-hydrogen) atoms. The molecule has 0 spiro atoms. The number of fused-ring (bicyclic) bond motifs is 2. The fourth-order valence-electron chi connectivity index (χ4n) is 3.37. The molecule has 0 aromatic carbocycles. The Balaban J connectivity index is 1.78. The Morgan fingerprint density at radius 3 is 2.67 bits per heavy atom. The van der Waals surface area contributed by atoms with Gasteiger partial charge in [0.15, 0.2) is 0 Å². The molecular formula is C14H23N3O4. The smallest absolute Gasteiger partial charge is 0.321 e. The van der Waals surface area contributed by atoms with Gasteiger partial charge < -0.3 is 10.4 Å². The molecule has 3 amide bonds. The van der Waals surface area contributed by atoms with Crippen molar-refractivity contribution in [3.05, 3.63) is 0 Å². The zero-order valence-corrected chi connectivity index (χ0v) is 12.3. The lowest BCUT2D eigenvalue weighted by molar-refractivity contribution is -0.143. The molecule has 0 saturated carbocycles. The maximum atomic E-state index is 11.9. The highest BCUT2D eigenvalue weighted by molar-refractivity contribution is 5.95. The largest absolute Gasteiger partial charge is 0.481 e. The lowest BCUT2D eigenvalue weighted by atomic mass is 9.89. The third-order valence-electron chi connectivity index (χ3n) is 4.39. The summed E-state index contributed by atoms with van der Waals surface area (Å²) in [6.07, 6.45) is 4.21. The summed E-state index contributed by atoms with van der Waals surface area (Å²) in [6, 6.07) is -0.388. The number of nitrogens with one attached hydrogen (secondary N) is 2. The topological polar surface area (TPSA) is 98.7 Å². The number of carbonyl (C=O) groups excluding carboxylic acids is 2. The molecule has 2 heterocycles. The van der Waals surface area contributed by atoms with Crippen LogP contribution >= 0.6 is 0 Å². The van der Waals surface area contributed by atoms with Gasteiger partial charge in [0.05, 0.1) is 12.5 Å². The molecule has 3 atom stereocenters. The van der Waals surface area contributed by atoms with Crippen LogP contribution in [0.5, 0.6) is 0 Å². The van der Waals surface area contributed by atoms with Crippen LogP contribution in [0.4, 0.5) is 4.79 Å². The quantitative estimate of drug-likeness (QED) is 0.622. The zero-order valence-electron chi connectivity index (χ0n) is 12.3.